The van der Waals surface area contributed by atoms with Gasteiger partial charge in [0.05, 0.1) is 5.56 Å². The van der Waals surface area contributed by atoms with Crippen molar-refractivity contribution in [2.24, 2.45) is 0 Å². The number of carbonyl (C=O) groups excluding carboxylic acids is 1. The van der Waals surface area contributed by atoms with Crippen LogP contribution >= 0.6 is 0 Å². The van der Waals surface area contributed by atoms with Crippen molar-refractivity contribution in [3.8, 4) is 0 Å². The van der Waals surface area contributed by atoms with E-state index in [1.165, 1.54) is 7.11 Å². The van der Waals surface area contributed by atoms with Crippen LogP contribution in [-0.2, 0) is 14.5 Å². The third-order valence-corrected chi connectivity index (χ3v) is 2.51. The molecule has 98 valence electrons. The van der Waals surface area contributed by atoms with Crippen molar-refractivity contribution in [2.75, 3.05) is 7.11 Å². The minimum atomic E-state index is -0.742. The monoisotopic (exact) mass is 258 g/mol. The summed E-state index contributed by atoms with van der Waals surface area (Å²) in [7, 11) is 1.48. The second-order valence-electron chi connectivity index (χ2n) is 3.81. The molecule has 0 saturated carbocycles. The second kappa shape index (κ2) is 6.68. The topological polar surface area (TPSA) is 44.8 Å². The first-order valence-corrected chi connectivity index (χ1v) is 5.81. The average Bonchev–Trinajstić information content (AvgIpc) is 2.49. The molecule has 0 aliphatic carbocycles. The SMILES string of the molecule is COC(OOC(=O)c1ccccc1)c1ccccc1. The van der Waals surface area contributed by atoms with E-state index in [1.807, 2.05) is 36.4 Å². The summed E-state index contributed by atoms with van der Waals surface area (Å²) in [4.78, 5) is 21.5. The first kappa shape index (κ1) is 13.3. The van der Waals surface area contributed by atoms with Crippen LogP contribution in [0.5, 0.6) is 0 Å². The summed E-state index contributed by atoms with van der Waals surface area (Å²) >= 11 is 0. The molecular weight excluding hydrogens is 244 g/mol. The number of hydrogen-bond donors (Lipinski definition) is 0. The Morgan fingerprint density at radius 3 is 2.11 bits per heavy atom. The number of ether oxygens (including phenoxy) is 1. The number of benzene rings is 2. The van der Waals surface area contributed by atoms with Gasteiger partial charge >= 0.3 is 5.97 Å². The van der Waals surface area contributed by atoms with Gasteiger partial charge in [-0.2, -0.15) is 0 Å². The molecule has 0 N–H and O–H groups in total. The Hall–Kier alpha value is -2.17. The highest BCUT2D eigenvalue weighted by Gasteiger charge is 2.15. The molecule has 4 heteroatoms. The van der Waals surface area contributed by atoms with Gasteiger partial charge in [-0.25, -0.2) is 4.79 Å². The number of carbonyl (C=O) groups is 1. The van der Waals surface area contributed by atoms with E-state index in [2.05, 4.69) is 0 Å². The summed E-state index contributed by atoms with van der Waals surface area (Å²) in [6.45, 7) is 0. The van der Waals surface area contributed by atoms with E-state index in [-0.39, 0.29) is 0 Å². The van der Waals surface area contributed by atoms with Gasteiger partial charge in [-0.15, -0.1) is 4.89 Å². The predicted molar refractivity (Wildman–Crippen MR) is 69.1 cm³/mol. The van der Waals surface area contributed by atoms with Crippen LogP contribution < -0.4 is 0 Å². The highest BCUT2D eigenvalue weighted by Crippen LogP contribution is 2.18. The molecule has 0 fully saturated rings. The van der Waals surface area contributed by atoms with Crippen molar-refractivity contribution in [3.63, 3.8) is 0 Å². The first-order chi connectivity index (χ1) is 9.31. The largest absolute Gasteiger partial charge is 0.373 e. The normalized spacial score (nSPS) is 11.8. The number of rotatable bonds is 5. The molecule has 0 aromatic heterocycles. The predicted octanol–water partition coefficient (Wildman–Crippen LogP) is 3.12. The third-order valence-electron chi connectivity index (χ3n) is 2.51. The summed E-state index contributed by atoms with van der Waals surface area (Å²) in [5.41, 5.74) is 1.19. The van der Waals surface area contributed by atoms with E-state index in [1.54, 1.807) is 24.3 Å². The van der Waals surface area contributed by atoms with Gasteiger partial charge in [0, 0.05) is 12.7 Å². The Balaban J connectivity index is 1.96. The molecule has 2 aromatic carbocycles. The highest BCUT2D eigenvalue weighted by molar-refractivity contribution is 5.88. The maximum atomic E-state index is 11.7. The van der Waals surface area contributed by atoms with Gasteiger partial charge in [-0.1, -0.05) is 48.5 Å². The third kappa shape index (κ3) is 3.64. The van der Waals surface area contributed by atoms with E-state index in [0.717, 1.165) is 5.56 Å². The zero-order valence-electron chi connectivity index (χ0n) is 10.5. The maximum absolute atomic E-state index is 11.7. The zero-order chi connectivity index (χ0) is 13.5. The average molecular weight is 258 g/mol. The van der Waals surface area contributed by atoms with Gasteiger partial charge in [0.25, 0.3) is 0 Å². The van der Waals surface area contributed by atoms with Crippen molar-refractivity contribution in [2.45, 2.75) is 6.29 Å². The van der Waals surface area contributed by atoms with Gasteiger partial charge in [0.15, 0.2) is 0 Å². The van der Waals surface area contributed by atoms with Crippen LogP contribution in [0.3, 0.4) is 0 Å². The van der Waals surface area contributed by atoms with E-state index in [9.17, 15) is 4.79 Å². The Bertz CT molecular complexity index is 510. The minimum Gasteiger partial charge on any atom is -0.349 e. The summed E-state index contributed by atoms with van der Waals surface area (Å²) in [6.07, 6.45) is -0.742. The molecule has 0 bridgehead atoms. The smallest absolute Gasteiger partial charge is 0.349 e. The molecule has 2 aromatic rings. The molecule has 0 aliphatic rings. The fourth-order valence-electron chi connectivity index (χ4n) is 1.55. The summed E-state index contributed by atoms with van der Waals surface area (Å²) in [5, 5.41) is 0. The van der Waals surface area contributed by atoms with Crippen molar-refractivity contribution in [1.29, 1.82) is 0 Å². The van der Waals surface area contributed by atoms with Crippen molar-refractivity contribution in [3.05, 3.63) is 71.8 Å². The Labute approximate surface area is 111 Å². The maximum Gasteiger partial charge on any atom is 0.373 e. The van der Waals surface area contributed by atoms with E-state index < -0.39 is 12.3 Å². The minimum absolute atomic E-state index is 0.422. The lowest BCUT2D eigenvalue weighted by Gasteiger charge is -2.14. The molecule has 0 saturated heterocycles. The van der Waals surface area contributed by atoms with E-state index in [0.29, 0.717) is 5.56 Å². The second-order valence-corrected chi connectivity index (χ2v) is 3.81. The fraction of sp³-hybridized carbons (Fsp3) is 0.133. The fourth-order valence-corrected chi connectivity index (χ4v) is 1.55. The number of hydrogen-bond acceptors (Lipinski definition) is 4. The lowest BCUT2D eigenvalue weighted by molar-refractivity contribution is -0.339. The Kier molecular flexibility index (Phi) is 4.66. The van der Waals surface area contributed by atoms with Crippen LogP contribution in [0.2, 0.25) is 0 Å². The summed E-state index contributed by atoms with van der Waals surface area (Å²) in [6, 6.07) is 17.9. The van der Waals surface area contributed by atoms with Crippen LogP contribution in [0, 0.1) is 0 Å². The van der Waals surface area contributed by atoms with Gasteiger partial charge in [0.2, 0.25) is 6.29 Å². The van der Waals surface area contributed by atoms with Crippen molar-refractivity contribution >= 4 is 5.97 Å². The molecule has 1 atom stereocenters. The summed E-state index contributed by atoms with van der Waals surface area (Å²) < 4.78 is 5.12. The molecule has 2 rings (SSSR count). The van der Waals surface area contributed by atoms with Gasteiger partial charge in [-0.3, -0.25) is 4.89 Å². The molecule has 0 radical (unpaired) electrons. The molecule has 0 amide bonds. The van der Waals surface area contributed by atoms with Crippen LogP contribution in [-0.4, -0.2) is 13.1 Å². The van der Waals surface area contributed by atoms with Crippen LogP contribution in [0.1, 0.15) is 22.2 Å². The van der Waals surface area contributed by atoms with Gasteiger partial charge in [-0.05, 0) is 12.1 Å². The van der Waals surface area contributed by atoms with E-state index in [4.69, 9.17) is 14.5 Å². The van der Waals surface area contributed by atoms with Gasteiger partial charge < -0.3 is 4.74 Å². The molecule has 19 heavy (non-hydrogen) atoms. The molecule has 4 nitrogen and oxygen atoms in total. The lowest BCUT2D eigenvalue weighted by Crippen LogP contribution is -2.12. The van der Waals surface area contributed by atoms with Crippen molar-refractivity contribution in [1.82, 2.24) is 0 Å². The molecular formula is C15H14O4. The molecule has 1 unspecified atom stereocenters. The lowest BCUT2D eigenvalue weighted by atomic mass is 10.2. The molecule has 0 aliphatic heterocycles. The van der Waals surface area contributed by atoms with E-state index >= 15 is 0 Å². The zero-order valence-corrected chi connectivity index (χ0v) is 10.5. The Morgan fingerprint density at radius 1 is 0.947 bits per heavy atom. The van der Waals surface area contributed by atoms with Gasteiger partial charge in [0.1, 0.15) is 0 Å². The van der Waals surface area contributed by atoms with Crippen LogP contribution in [0.25, 0.3) is 0 Å². The Morgan fingerprint density at radius 2 is 1.53 bits per heavy atom. The molecule has 0 spiro atoms. The van der Waals surface area contributed by atoms with Crippen LogP contribution in [0.4, 0.5) is 0 Å². The first-order valence-electron chi connectivity index (χ1n) is 5.81. The summed E-state index contributed by atoms with van der Waals surface area (Å²) in [5.74, 6) is -0.557. The molecule has 0 heterocycles. The highest BCUT2D eigenvalue weighted by atomic mass is 17.2. The van der Waals surface area contributed by atoms with Crippen LogP contribution in [0.15, 0.2) is 60.7 Å². The number of methoxy groups -OCH3 is 1. The van der Waals surface area contributed by atoms with Crippen molar-refractivity contribution < 1.29 is 19.3 Å². The quantitative estimate of drug-likeness (QED) is 0.469. The standard InChI is InChI=1S/C15H14O4/c1-17-15(13-10-6-3-7-11-13)19-18-14(16)12-8-4-2-5-9-12/h2-11,15H,1H3.